The topological polar surface area (TPSA) is 130 Å². The third kappa shape index (κ3) is 6.08. The number of sulfonamides is 1. The predicted octanol–water partition coefficient (Wildman–Crippen LogP) is 3.35. The molecule has 4 rings (SSSR count). The quantitative estimate of drug-likeness (QED) is 0.343. The number of carbonyl (C=O) groups excluding carboxylic acids is 1. The van der Waals surface area contributed by atoms with E-state index in [4.69, 9.17) is 4.42 Å². The zero-order chi connectivity index (χ0) is 27.7. The maximum Gasteiger partial charge on any atom is 0.416 e. The van der Waals surface area contributed by atoms with Crippen molar-refractivity contribution in [3.63, 3.8) is 0 Å². The number of amides is 1. The van der Waals surface area contributed by atoms with E-state index in [9.17, 15) is 26.4 Å². The van der Waals surface area contributed by atoms with Crippen LogP contribution in [0.15, 0.2) is 64.4 Å². The minimum absolute atomic E-state index is 0.0851. The van der Waals surface area contributed by atoms with Gasteiger partial charge >= 0.3 is 6.18 Å². The number of hydrogen-bond donors (Lipinski definition) is 2. The van der Waals surface area contributed by atoms with Crippen molar-refractivity contribution in [3.8, 4) is 11.3 Å². The highest BCUT2D eigenvalue weighted by Crippen LogP contribution is 2.31. The molecule has 2 N–H and O–H groups in total. The number of furan rings is 1. The summed E-state index contributed by atoms with van der Waals surface area (Å²) in [6, 6.07) is 7.73. The number of carbonyl (C=O) groups is 1. The van der Waals surface area contributed by atoms with Crippen LogP contribution in [0.25, 0.3) is 22.2 Å². The second kappa shape index (κ2) is 10.4. The smallest absolute Gasteiger partial charge is 0.416 e. The molecule has 0 spiro atoms. The Morgan fingerprint density at radius 1 is 1.11 bits per heavy atom. The highest BCUT2D eigenvalue weighted by atomic mass is 32.2. The van der Waals surface area contributed by atoms with Crippen LogP contribution in [0.4, 0.5) is 19.1 Å². The van der Waals surface area contributed by atoms with Crippen LogP contribution in [0.5, 0.6) is 0 Å². The van der Waals surface area contributed by atoms with Gasteiger partial charge in [0.2, 0.25) is 16.9 Å². The molecule has 3 aromatic heterocycles. The maximum atomic E-state index is 12.9. The summed E-state index contributed by atoms with van der Waals surface area (Å²) in [5, 5.41) is 2.75. The lowest BCUT2D eigenvalue weighted by Crippen LogP contribution is -2.44. The van der Waals surface area contributed by atoms with Crippen molar-refractivity contribution in [3.05, 3.63) is 66.1 Å². The van der Waals surface area contributed by atoms with Crippen LogP contribution in [0.2, 0.25) is 0 Å². The van der Waals surface area contributed by atoms with Gasteiger partial charge in [0.25, 0.3) is 10.0 Å². The normalized spacial score (nSPS) is 12.9. The Labute approximate surface area is 216 Å². The van der Waals surface area contributed by atoms with Crippen molar-refractivity contribution in [2.24, 2.45) is 0 Å². The van der Waals surface area contributed by atoms with E-state index in [2.05, 4.69) is 25.0 Å². The SMILES string of the molecule is C[C@H](NS(=O)(=O)c1cc2cnccc2o1)C(=O)NCc1cc(-c2ccc(C(F)(F)F)cc2)nc(N(C)C)n1. The summed E-state index contributed by atoms with van der Waals surface area (Å²) in [4.78, 5) is 26.9. The van der Waals surface area contributed by atoms with Crippen molar-refractivity contribution in [2.75, 3.05) is 19.0 Å². The van der Waals surface area contributed by atoms with Gasteiger partial charge in [0.1, 0.15) is 5.58 Å². The first kappa shape index (κ1) is 27.0. The highest BCUT2D eigenvalue weighted by Gasteiger charge is 2.30. The molecular weight excluding hydrogens is 525 g/mol. The number of pyridine rings is 1. The highest BCUT2D eigenvalue weighted by molar-refractivity contribution is 7.89. The fourth-order valence-electron chi connectivity index (χ4n) is 3.42. The van der Waals surface area contributed by atoms with Crippen molar-refractivity contribution in [1.29, 1.82) is 0 Å². The van der Waals surface area contributed by atoms with Crippen LogP contribution in [0.1, 0.15) is 18.2 Å². The Balaban J connectivity index is 1.47. The van der Waals surface area contributed by atoms with Gasteiger partial charge in [-0.2, -0.15) is 17.9 Å². The number of anilines is 1. The second-order valence-electron chi connectivity index (χ2n) is 8.55. The number of alkyl halides is 3. The number of rotatable bonds is 8. The van der Waals surface area contributed by atoms with Crippen LogP contribution in [-0.2, 0) is 27.5 Å². The van der Waals surface area contributed by atoms with E-state index in [0.29, 0.717) is 27.9 Å². The number of hydrogen-bond acceptors (Lipinski definition) is 8. The Morgan fingerprint density at radius 3 is 2.45 bits per heavy atom. The van der Waals surface area contributed by atoms with Gasteiger partial charge in [0.05, 0.1) is 29.5 Å². The van der Waals surface area contributed by atoms with Crippen molar-refractivity contribution >= 4 is 32.8 Å². The van der Waals surface area contributed by atoms with E-state index < -0.39 is 33.7 Å². The van der Waals surface area contributed by atoms with Gasteiger partial charge in [-0.05, 0) is 31.2 Å². The predicted molar refractivity (Wildman–Crippen MR) is 132 cm³/mol. The number of halogens is 3. The Kier molecular flexibility index (Phi) is 7.37. The first-order valence-electron chi connectivity index (χ1n) is 11.2. The third-order valence-electron chi connectivity index (χ3n) is 5.40. The summed E-state index contributed by atoms with van der Waals surface area (Å²) in [7, 11) is -0.754. The zero-order valence-corrected chi connectivity index (χ0v) is 21.3. The van der Waals surface area contributed by atoms with Crippen LogP contribution in [-0.4, -0.2) is 49.4 Å². The van der Waals surface area contributed by atoms with Crippen molar-refractivity contribution in [1.82, 2.24) is 25.0 Å². The summed E-state index contributed by atoms with van der Waals surface area (Å²) in [5.41, 5.74) is 0.702. The molecule has 200 valence electrons. The Bertz CT molecular complexity index is 1540. The summed E-state index contributed by atoms with van der Waals surface area (Å²) >= 11 is 0. The lowest BCUT2D eigenvalue weighted by atomic mass is 10.1. The number of fused-ring (bicyclic) bond motifs is 1. The molecule has 0 saturated carbocycles. The van der Waals surface area contributed by atoms with Crippen LogP contribution >= 0.6 is 0 Å². The Morgan fingerprint density at radius 2 is 1.82 bits per heavy atom. The van der Waals surface area contributed by atoms with Crippen LogP contribution in [0, 0.1) is 0 Å². The molecule has 3 heterocycles. The van der Waals surface area contributed by atoms with Crippen LogP contribution in [0.3, 0.4) is 0 Å². The van der Waals surface area contributed by atoms with Gasteiger partial charge in [-0.3, -0.25) is 9.78 Å². The molecule has 1 amide bonds. The van der Waals surface area contributed by atoms with E-state index in [1.165, 1.54) is 49.6 Å². The minimum atomic E-state index is -4.46. The molecule has 38 heavy (non-hydrogen) atoms. The van der Waals surface area contributed by atoms with Gasteiger partial charge in [-0.25, -0.2) is 18.4 Å². The molecule has 0 saturated heterocycles. The van der Waals surface area contributed by atoms with Crippen molar-refractivity contribution in [2.45, 2.75) is 30.8 Å². The molecule has 0 bridgehead atoms. The standard InChI is InChI=1S/C24H23F3N6O4S/c1-14(32-38(35,36)21-10-16-12-28-9-8-20(16)37-21)22(34)29-13-18-11-19(31-23(30-18)33(2)3)15-4-6-17(7-5-15)24(25,26)27/h4-12,14,32H,13H2,1-3H3,(H,29,34)/t14-/m0/s1. The molecule has 0 aliphatic carbocycles. The fourth-order valence-corrected chi connectivity index (χ4v) is 4.59. The molecule has 10 nitrogen and oxygen atoms in total. The maximum absolute atomic E-state index is 12.9. The molecule has 1 aromatic carbocycles. The molecule has 0 aliphatic rings. The van der Waals surface area contributed by atoms with E-state index in [-0.39, 0.29) is 17.6 Å². The molecule has 0 radical (unpaired) electrons. The van der Waals surface area contributed by atoms with E-state index in [1.54, 1.807) is 19.0 Å². The summed E-state index contributed by atoms with van der Waals surface area (Å²) < 4.78 is 71.8. The lowest BCUT2D eigenvalue weighted by molar-refractivity contribution is -0.137. The summed E-state index contributed by atoms with van der Waals surface area (Å²) in [6.07, 6.45) is -1.55. The Hall–Kier alpha value is -4.04. The van der Waals surface area contributed by atoms with E-state index in [1.807, 2.05) is 0 Å². The number of nitrogens with one attached hydrogen (secondary N) is 2. The first-order valence-corrected chi connectivity index (χ1v) is 12.7. The lowest BCUT2D eigenvalue weighted by Gasteiger charge is -2.16. The minimum Gasteiger partial charge on any atom is -0.443 e. The largest absolute Gasteiger partial charge is 0.443 e. The molecule has 4 aromatic rings. The number of aromatic nitrogens is 3. The second-order valence-corrected chi connectivity index (χ2v) is 10.2. The molecule has 14 heteroatoms. The fraction of sp³-hybridized carbons (Fsp3) is 0.250. The third-order valence-corrected chi connectivity index (χ3v) is 6.80. The monoisotopic (exact) mass is 548 g/mol. The van der Waals surface area contributed by atoms with E-state index >= 15 is 0 Å². The number of benzene rings is 1. The molecule has 0 fully saturated rings. The molecule has 1 atom stereocenters. The van der Waals surface area contributed by atoms with Gasteiger partial charge in [-0.15, -0.1) is 0 Å². The first-order chi connectivity index (χ1) is 17.8. The van der Waals surface area contributed by atoms with Gasteiger partial charge in [0, 0.05) is 43.5 Å². The van der Waals surface area contributed by atoms with Gasteiger partial charge in [0.15, 0.2) is 0 Å². The zero-order valence-electron chi connectivity index (χ0n) is 20.4. The van der Waals surface area contributed by atoms with Gasteiger partial charge < -0.3 is 14.6 Å². The molecule has 0 unspecified atom stereocenters. The van der Waals surface area contributed by atoms with E-state index in [0.717, 1.165) is 12.1 Å². The van der Waals surface area contributed by atoms with Crippen LogP contribution < -0.4 is 14.9 Å². The average Bonchev–Trinajstić information content (AvgIpc) is 3.32. The molecular formula is C24H23F3N6O4S. The van der Waals surface area contributed by atoms with Crippen molar-refractivity contribution < 1.29 is 30.8 Å². The summed E-state index contributed by atoms with van der Waals surface area (Å²) in [5.74, 6) is -0.354. The number of nitrogens with zero attached hydrogens (tertiary/aromatic N) is 4. The summed E-state index contributed by atoms with van der Waals surface area (Å²) in [6.45, 7) is 1.29. The molecule has 0 aliphatic heterocycles. The van der Waals surface area contributed by atoms with Gasteiger partial charge in [-0.1, -0.05) is 12.1 Å². The average molecular weight is 549 g/mol.